The summed E-state index contributed by atoms with van der Waals surface area (Å²) in [4.78, 5) is 24.1. The highest BCUT2D eigenvalue weighted by molar-refractivity contribution is 5.76. The summed E-state index contributed by atoms with van der Waals surface area (Å²) >= 11 is 0. The molecule has 0 aliphatic carbocycles. The molecule has 1 amide bonds. The summed E-state index contributed by atoms with van der Waals surface area (Å²) in [6, 6.07) is 2.05. The van der Waals surface area contributed by atoms with Crippen LogP contribution in [0.3, 0.4) is 0 Å². The van der Waals surface area contributed by atoms with Crippen molar-refractivity contribution < 1.29 is 19.4 Å². The van der Waals surface area contributed by atoms with Crippen molar-refractivity contribution >= 4 is 12.1 Å². The summed E-state index contributed by atoms with van der Waals surface area (Å²) in [5.41, 5.74) is -0.465. The minimum Gasteiger partial charge on any atom is -0.465 e. The summed E-state index contributed by atoms with van der Waals surface area (Å²) < 4.78 is 4.96. The van der Waals surface area contributed by atoms with Crippen LogP contribution in [-0.2, 0) is 9.53 Å². The van der Waals surface area contributed by atoms with Crippen LogP contribution in [0, 0.1) is 22.7 Å². The number of carbonyl (C=O) groups is 2. The van der Waals surface area contributed by atoms with E-state index in [1.165, 1.54) is 4.90 Å². The van der Waals surface area contributed by atoms with Crippen molar-refractivity contribution in [3.05, 3.63) is 0 Å². The van der Waals surface area contributed by atoms with Gasteiger partial charge in [-0.25, -0.2) is 4.79 Å². The summed E-state index contributed by atoms with van der Waals surface area (Å²) in [6.07, 6.45) is 0.756. The van der Waals surface area contributed by atoms with E-state index in [1.54, 1.807) is 6.92 Å². The van der Waals surface area contributed by atoms with Crippen molar-refractivity contribution in [2.45, 2.75) is 33.1 Å². The smallest absolute Gasteiger partial charge is 0.407 e. The first-order chi connectivity index (χ1) is 9.00. The van der Waals surface area contributed by atoms with Crippen LogP contribution in [0.5, 0.6) is 0 Å². The van der Waals surface area contributed by atoms with Crippen molar-refractivity contribution in [2.24, 2.45) is 11.3 Å². The number of carbonyl (C=O) groups excluding carboxylic acids is 1. The Morgan fingerprint density at radius 2 is 2.00 bits per heavy atom. The maximum absolute atomic E-state index is 11.9. The number of hydrogen-bond acceptors (Lipinski definition) is 4. The quantitative estimate of drug-likeness (QED) is 0.786. The number of nitrogens with zero attached hydrogens (tertiary/aromatic N) is 2. The molecule has 0 aromatic carbocycles. The summed E-state index contributed by atoms with van der Waals surface area (Å²) in [6.45, 7) is 4.61. The molecule has 6 nitrogen and oxygen atoms in total. The Kier molecular flexibility index (Phi) is 5.16. The zero-order valence-electron chi connectivity index (χ0n) is 11.4. The molecule has 1 aliphatic heterocycles. The van der Waals surface area contributed by atoms with Crippen LogP contribution < -0.4 is 0 Å². The molecule has 1 unspecified atom stereocenters. The molecule has 0 saturated carbocycles. The highest BCUT2D eigenvalue weighted by atomic mass is 16.5. The summed E-state index contributed by atoms with van der Waals surface area (Å²) in [5, 5.41) is 18.2. The van der Waals surface area contributed by atoms with E-state index in [2.05, 4.69) is 6.07 Å². The average molecular weight is 268 g/mol. The Morgan fingerprint density at radius 3 is 2.37 bits per heavy atom. The van der Waals surface area contributed by atoms with E-state index in [9.17, 15) is 14.9 Å². The Labute approximate surface area is 112 Å². The van der Waals surface area contributed by atoms with Gasteiger partial charge in [0.2, 0.25) is 0 Å². The molecule has 1 heterocycles. The van der Waals surface area contributed by atoms with Gasteiger partial charge in [0.05, 0.1) is 12.7 Å². The SMILES string of the molecule is CCOC(=O)C(C#N)C1(CC)CCN(C(=O)O)CC1. The lowest BCUT2D eigenvalue weighted by molar-refractivity contribution is -0.151. The van der Waals surface area contributed by atoms with Gasteiger partial charge in [-0.2, -0.15) is 5.26 Å². The van der Waals surface area contributed by atoms with Crippen molar-refractivity contribution in [1.82, 2.24) is 4.90 Å². The van der Waals surface area contributed by atoms with Crippen molar-refractivity contribution in [3.8, 4) is 6.07 Å². The second-order valence-electron chi connectivity index (χ2n) is 4.80. The number of carboxylic acid groups (broad SMARTS) is 1. The van der Waals surface area contributed by atoms with Crippen LogP contribution in [0.15, 0.2) is 0 Å². The number of ether oxygens (including phenoxy) is 1. The minimum atomic E-state index is -0.950. The van der Waals surface area contributed by atoms with Gasteiger partial charge in [0, 0.05) is 13.1 Å². The average Bonchev–Trinajstić information content (AvgIpc) is 2.40. The van der Waals surface area contributed by atoms with Crippen molar-refractivity contribution in [1.29, 1.82) is 5.26 Å². The van der Waals surface area contributed by atoms with Crippen molar-refractivity contribution in [2.75, 3.05) is 19.7 Å². The largest absolute Gasteiger partial charge is 0.465 e. The molecule has 1 aliphatic rings. The van der Waals surface area contributed by atoms with Gasteiger partial charge >= 0.3 is 12.1 Å². The molecule has 0 aromatic heterocycles. The van der Waals surface area contributed by atoms with Gasteiger partial charge in [-0.3, -0.25) is 4.79 Å². The molecule has 0 spiro atoms. The highest BCUT2D eigenvalue weighted by Gasteiger charge is 2.45. The van der Waals surface area contributed by atoms with Gasteiger partial charge in [0.25, 0.3) is 0 Å². The molecular weight excluding hydrogens is 248 g/mol. The number of esters is 1. The summed E-state index contributed by atoms with van der Waals surface area (Å²) in [5.74, 6) is -1.30. The lowest BCUT2D eigenvalue weighted by Crippen LogP contribution is -2.47. The van der Waals surface area contributed by atoms with E-state index in [0.717, 1.165) is 0 Å². The maximum atomic E-state index is 11.9. The van der Waals surface area contributed by atoms with Crippen LogP contribution in [0.1, 0.15) is 33.1 Å². The Balaban J connectivity index is 2.84. The Morgan fingerprint density at radius 1 is 1.42 bits per heavy atom. The molecule has 1 atom stereocenters. The predicted molar refractivity (Wildman–Crippen MR) is 67.3 cm³/mol. The minimum absolute atomic E-state index is 0.248. The molecule has 19 heavy (non-hydrogen) atoms. The van der Waals surface area contributed by atoms with E-state index >= 15 is 0 Å². The van der Waals surface area contributed by atoms with Crippen LogP contribution in [-0.4, -0.2) is 41.8 Å². The zero-order chi connectivity index (χ0) is 14.5. The second kappa shape index (κ2) is 6.41. The standard InChI is InChI=1S/C13H20N2O4/c1-3-13(10(9-14)11(16)19-4-2)5-7-15(8-6-13)12(17)18/h10H,3-8H2,1-2H3,(H,17,18). The third-order valence-electron chi connectivity index (χ3n) is 4.00. The number of piperidine rings is 1. The highest BCUT2D eigenvalue weighted by Crippen LogP contribution is 2.42. The van der Waals surface area contributed by atoms with Gasteiger partial charge in [-0.05, 0) is 31.6 Å². The first-order valence-corrected chi connectivity index (χ1v) is 6.55. The number of likely N-dealkylation sites (tertiary alicyclic amines) is 1. The van der Waals surface area contributed by atoms with Crippen LogP contribution in [0.2, 0.25) is 0 Å². The molecule has 1 N–H and O–H groups in total. The molecule has 1 saturated heterocycles. The third-order valence-corrected chi connectivity index (χ3v) is 4.00. The number of rotatable bonds is 4. The lowest BCUT2D eigenvalue weighted by atomic mass is 9.67. The molecule has 0 bridgehead atoms. The fourth-order valence-electron chi connectivity index (χ4n) is 2.65. The number of nitriles is 1. The normalized spacial score (nSPS) is 19.3. The zero-order valence-corrected chi connectivity index (χ0v) is 11.4. The maximum Gasteiger partial charge on any atom is 0.407 e. The van der Waals surface area contributed by atoms with Crippen LogP contribution in [0.4, 0.5) is 4.79 Å². The molecule has 0 radical (unpaired) electrons. The van der Waals surface area contributed by atoms with Gasteiger partial charge in [0.15, 0.2) is 0 Å². The topological polar surface area (TPSA) is 90.6 Å². The van der Waals surface area contributed by atoms with E-state index in [4.69, 9.17) is 9.84 Å². The Hall–Kier alpha value is -1.77. The molecular formula is C13H20N2O4. The molecule has 0 aromatic rings. The molecule has 1 fully saturated rings. The third kappa shape index (κ3) is 3.16. The molecule has 6 heteroatoms. The van der Waals surface area contributed by atoms with E-state index in [-0.39, 0.29) is 6.61 Å². The fraction of sp³-hybridized carbons (Fsp3) is 0.769. The first kappa shape index (κ1) is 15.3. The first-order valence-electron chi connectivity index (χ1n) is 6.55. The molecule has 1 rings (SSSR count). The van der Waals surface area contributed by atoms with Gasteiger partial charge in [0.1, 0.15) is 5.92 Å². The Bertz CT molecular complexity index is 381. The van der Waals surface area contributed by atoms with E-state index in [1.807, 2.05) is 6.92 Å². The lowest BCUT2D eigenvalue weighted by Gasteiger charge is -2.42. The monoisotopic (exact) mass is 268 g/mol. The second-order valence-corrected chi connectivity index (χ2v) is 4.80. The van der Waals surface area contributed by atoms with Crippen molar-refractivity contribution in [3.63, 3.8) is 0 Å². The van der Waals surface area contributed by atoms with Crippen LogP contribution in [0.25, 0.3) is 0 Å². The number of amides is 1. The van der Waals surface area contributed by atoms with E-state index in [0.29, 0.717) is 32.4 Å². The molecule has 106 valence electrons. The fourth-order valence-corrected chi connectivity index (χ4v) is 2.65. The van der Waals surface area contributed by atoms with Gasteiger partial charge < -0.3 is 14.7 Å². The van der Waals surface area contributed by atoms with Crippen LogP contribution >= 0.6 is 0 Å². The van der Waals surface area contributed by atoms with E-state index < -0.39 is 23.4 Å². The number of hydrogen-bond donors (Lipinski definition) is 1. The summed E-state index contributed by atoms with van der Waals surface area (Å²) in [7, 11) is 0. The predicted octanol–water partition coefficient (Wildman–Crippen LogP) is 1.86. The van der Waals surface area contributed by atoms with Gasteiger partial charge in [-0.1, -0.05) is 6.92 Å². The van der Waals surface area contributed by atoms with Gasteiger partial charge in [-0.15, -0.1) is 0 Å².